The zero-order chi connectivity index (χ0) is 5.98. The van der Waals surface area contributed by atoms with Crippen molar-refractivity contribution in [1.82, 2.24) is 0 Å². The minimum atomic E-state index is -0.0833. The summed E-state index contributed by atoms with van der Waals surface area (Å²) in [7, 11) is 0. The number of hydrogen-bond acceptors (Lipinski definition) is 1. The molecule has 2 atom stereocenters. The van der Waals surface area contributed by atoms with Crippen molar-refractivity contribution in [3.8, 4) is 0 Å². The lowest BCUT2D eigenvalue weighted by Gasteiger charge is -2.18. The van der Waals surface area contributed by atoms with Crippen LogP contribution in [0.3, 0.4) is 0 Å². The van der Waals surface area contributed by atoms with E-state index < -0.39 is 0 Å². The van der Waals surface area contributed by atoms with Gasteiger partial charge in [0.05, 0.1) is 6.10 Å². The lowest BCUT2D eigenvalue weighted by Crippen LogP contribution is -2.18. The molecule has 0 aliphatic heterocycles. The predicted molar refractivity (Wildman–Crippen MR) is 33.5 cm³/mol. The monoisotopic (exact) mass is 112 g/mol. The number of hydrogen-bond donors (Lipinski definition) is 1. The van der Waals surface area contributed by atoms with Crippen molar-refractivity contribution >= 4 is 0 Å². The second-order valence-electron chi connectivity index (χ2n) is 2.49. The molecule has 0 aromatic carbocycles. The highest BCUT2D eigenvalue weighted by molar-refractivity contribution is 4.92. The fourth-order valence-corrected chi connectivity index (χ4v) is 0.936. The van der Waals surface area contributed by atoms with Crippen LogP contribution in [0.25, 0.3) is 0 Å². The van der Waals surface area contributed by atoms with Crippen molar-refractivity contribution in [3.05, 3.63) is 12.2 Å². The maximum absolute atomic E-state index is 9.13. The van der Waals surface area contributed by atoms with Gasteiger partial charge in [-0.2, -0.15) is 0 Å². The highest BCUT2D eigenvalue weighted by Crippen LogP contribution is 2.17. The van der Waals surface area contributed by atoms with Crippen LogP contribution < -0.4 is 0 Å². The standard InChI is InChI=1S/C7H12O/c1-6-4-2-3-5-7(6)8/h2-3,6-8H,4-5H2,1H3/t6?,7-/m0/s1. The third kappa shape index (κ3) is 1.10. The Morgan fingerprint density at radius 1 is 1.38 bits per heavy atom. The van der Waals surface area contributed by atoms with Gasteiger partial charge < -0.3 is 5.11 Å². The number of allylic oxidation sites excluding steroid dienone is 1. The van der Waals surface area contributed by atoms with Crippen LogP contribution in [0.4, 0.5) is 0 Å². The van der Waals surface area contributed by atoms with Crippen molar-refractivity contribution < 1.29 is 5.11 Å². The summed E-state index contributed by atoms with van der Waals surface area (Å²) in [5.41, 5.74) is 0. The van der Waals surface area contributed by atoms with E-state index in [1.807, 2.05) is 6.08 Å². The molecule has 1 N–H and O–H groups in total. The smallest absolute Gasteiger partial charge is 0.0603 e. The van der Waals surface area contributed by atoms with Gasteiger partial charge in [-0.1, -0.05) is 19.1 Å². The van der Waals surface area contributed by atoms with E-state index in [9.17, 15) is 0 Å². The Hall–Kier alpha value is -0.300. The molecule has 0 saturated heterocycles. The predicted octanol–water partition coefficient (Wildman–Crippen LogP) is 1.33. The summed E-state index contributed by atoms with van der Waals surface area (Å²) in [5, 5.41) is 9.13. The van der Waals surface area contributed by atoms with Crippen LogP contribution >= 0.6 is 0 Å². The van der Waals surface area contributed by atoms with Gasteiger partial charge in [0.1, 0.15) is 0 Å². The molecular formula is C7H12O. The molecule has 8 heavy (non-hydrogen) atoms. The molecule has 46 valence electrons. The van der Waals surface area contributed by atoms with Crippen LogP contribution in [-0.2, 0) is 0 Å². The average molecular weight is 112 g/mol. The maximum atomic E-state index is 9.13. The van der Waals surface area contributed by atoms with E-state index in [2.05, 4.69) is 13.0 Å². The quantitative estimate of drug-likeness (QED) is 0.469. The molecule has 0 aromatic rings. The van der Waals surface area contributed by atoms with Crippen molar-refractivity contribution in [2.45, 2.75) is 25.9 Å². The zero-order valence-electron chi connectivity index (χ0n) is 5.17. The Kier molecular flexibility index (Phi) is 1.69. The van der Waals surface area contributed by atoms with E-state index >= 15 is 0 Å². The van der Waals surface area contributed by atoms with Crippen LogP contribution in [-0.4, -0.2) is 11.2 Å². The normalized spacial score (nSPS) is 37.8. The zero-order valence-corrected chi connectivity index (χ0v) is 5.17. The van der Waals surface area contributed by atoms with Crippen LogP contribution in [0.2, 0.25) is 0 Å². The first-order chi connectivity index (χ1) is 3.80. The third-order valence-electron chi connectivity index (χ3n) is 1.71. The highest BCUT2D eigenvalue weighted by Gasteiger charge is 2.13. The lowest BCUT2D eigenvalue weighted by atomic mass is 9.94. The molecule has 1 heteroatoms. The number of aliphatic hydroxyl groups is 1. The molecule has 0 spiro atoms. The van der Waals surface area contributed by atoms with Crippen molar-refractivity contribution in [2.75, 3.05) is 0 Å². The number of rotatable bonds is 0. The molecular weight excluding hydrogens is 100 g/mol. The van der Waals surface area contributed by atoms with E-state index in [0.717, 1.165) is 12.8 Å². The van der Waals surface area contributed by atoms with Crippen LogP contribution in [0.5, 0.6) is 0 Å². The Morgan fingerprint density at radius 3 is 2.38 bits per heavy atom. The van der Waals surface area contributed by atoms with Gasteiger partial charge in [-0.05, 0) is 18.8 Å². The molecule has 0 radical (unpaired) electrons. The van der Waals surface area contributed by atoms with Crippen molar-refractivity contribution in [1.29, 1.82) is 0 Å². The molecule has 1 aliphatic rings. The van der Waals surface area contributed by atoms with E-state index in [-0.39, 0.29) is 6.10 Å². The maximum Gasteiger partial charge on any atom is 0.0603 e. The van der Waals surface area contributed by atoms with Crippen LogP contribution in [0.1, 0.15) is 19.8 Å². The van der Waals surface area contributed by atoms with E-state index in [0.29, 0.717) is 5.92 Å². The molecule has 1 rings (SSSR count). The van der Waals surface area contributed by atoms with Crippen LogP contribution in [0, 0.1) is 5.92 Å². The summed E-state index contributed by atoms with van der Waals surface area (Å²) >= 11 is 0. The molecule has 0 amide bonds. The summed E-state index contributed by atoms with van der Waals surface area (Å²) in [5.74, 6) is 0.472. The van der Waals surface area contributed by atoms with E-state index in [4.69, 9.17) is 5.11 Å². The first-order valence-electron chi connectivity index (χ1n) is 3.14. The fraction of sp³-hybridized carbons (Fsp3) is 0.714. The summed E-state index contributed by atoms with van der Waals surface area (Å²) < 4.78 is 0. The number of aliphatic hydroxyl groups excluding tert-OH is 1. The molecule has 1 unspecified atom stereocenters. The van der Waals surface area contributed by atoms with E-state index in [1.54, 1.807) is 0 Å². The van der Waals surface area contributed by atoms with Gasteiger partial charge in [0, 0.05) is 0 Å². The first kappa shape index (κ1) is 5.83. The van der Waals surface area contributed by atoms with Gasteiger partial charge in [-0.15, -0.1) is 0 Å². The van der Waals surface area contributed by atoms with Crippen molar-refractivity contribution in [2.24, 2.45) is 5.92 Å². The van der Waals surface area contributed by atoms with Crippen LogP contribution in [0.15, 0.2) is 12.2 Å². The molecule has 0 aromatic heterocycles. The summed E-state index contributed by atoms with van der Waals surface area (Å²) in [6.07, 6.45) is 5.99. The SMILES string of the molecule is CC1CC=CC[C@@H]1O. The second-order valence-corrected chi connectivity index (χ2v) is 2.49. The van der Waals surface area contributed by atoms with Gasteiger partial charge in [0.25, 0.3) is 0 Å². The molecule has 1 aliphatic carbocycles. The Morgan fingerprint density at radius 2 is 2.00 bits per heavy atom. The molecule has 0 fully saturated rings. The Bertz CT molecular complexity index is 84.6. The fourth-order valence-electron chi connectivity index (χ4n) is 0.936. The van der Waals surface area contributed by atoms with Gasteiger partial charge in [0.15, 0.2) is 0 Å². The third-order valence-corrected chi connectivity index (χ3v) is 1.71. The topological polar surface area (TPSA) is 20.2 Å². The lowest BCUT2D eigenvalue weighted by molar-refractivity contribution is 0.115. The largest absolute Gasteiger partial charge is 0.393 e. The van der Waals surface area contributed by atoms with Gasteiger partial charge in [0.2, 0.25) is 0 Å². The van der Waals surface area contributed by atoms with Gasteiger partial charge >= 0.3 is 0 Å². The second kappa shape index (κ2) is 2.31. The first-order valence-corrected chi connectivity index (χ1v) is 3.14. The molecule has 0 heterocycles. The molecule has 1 nitrogen and oxygen atoms in total. The minimum absolute atomic E-state index is 0.0833. The highest BCUT2D eigenvalue weighted by atomic mass is 16.3. The van der Waals surface area contributed by atoms with E-state index in [1.165, 1.54) is 0 Å². The molecule has 0 saturated carbocycles. The van der Waals surface area contributed by atoms with Gasteiger partial charge in [-0.3, -0.25) is 0 Å². The Balaban J connectivity index is 2.44. The summed E-state index contributed by atoms with van der Waals surface area (Å²) in [6.45, 7) is 2.08. The summed E-state index contributed by atoms with van der Waals surface area (Å²) in [4.78, 5) is 0. The average Bonchev–Trinajstić information content (AvgIpc) is 1.77. The Labute approximate surface area is 50.0 Å². The summed E-state index contributed by atoms with van der Waals surface area (Å²) in [6, 6.07) is 0. The van der Waals surface area contributed by atoms with Gasteiger partial charge in [-0.25, -0.2) is 0 Å². The minimum Gasteiger partial charge on any atom is -0.393 e. The van der Waals surface area contributed by atoms with Crippen molar-refractivity contribution in [3.63, 3.8) is 0 Å². The molecule has 0 bridgehead atoms.